The van der Waals surface area contributed by atoms with Crippen molar-refractivity contribution in [1.82, 2.24) is 10.2 Å². The summed E-state index contributed by atoms with van der Waals surface area (Å²) in [4.78, 5) is 43.3. The summed E-state index contributed by atoms with van der Waals surface area (Å²) in [6.07, 6.45) is 2.54. The highest BCUT2D eigenvalue weighted by atomic mass is 16.5. The number of amides is 1. The predicted molar refractivity (Wildman–Crippen MR) is 165 cm³/mol. The highest BCUT2D eigenvalue weighted by Gasteiger charge is 2.31. The zero-order valence-corrected chi connectivity index (χ0v) is 25.6. The molecule has 0 spiro atoms. The Kier molecular flexibility index (Phi) is 9.13. The van der Waals surface area contributed by atoms with E-state index in [0.29, 0.717) is 35.4 Å². The van der Waals surface area contributed by atoms with Crippen molar-refractivity contribution in [3.63, 3.8) is 0 Å². The second kappa shape index (κ2) is 12.4. The molecule has 3 N–H and O–H groups in total. The number of hydrogen-bond acceptors (Lipinski definition) is 7. The number of carbonyl (C=O) groups excluding carboxylic acids is 2. The van der Waals surface area contributed by atoms with Crippen LogP contribution in [0.15, 0.2) is 24.3 Å². The summed E-state index contributed by atoms with van der Waals surface area (Å²) < 4.78 is 6.26. The molecule has 2 aromatic carbocycles. The Morgan fingerprint density at radius 1 is 1.10 bits per heavy atom. The van der Waals surface area contributed by atoms with Crippen molar-refractivity contribution in [3.05, 3.63) is 52.1 Å². The Morgan fingerprint density at radius 3 is 2.38 bits per heavy atom. The van der Waals surface area contributed by atoms with Crippen molar-refractivity contribution in [3.8, 4) is 5.75 Å². The molecule has 0 aromatic heterocycles. The highest BCUT2D eigenvalue weighted by Crippen LogP contribution is 2.42. The van der Waals surface area contributed by atoms with E-state index in [1.807, 2.05) is 37.2 Å². The number of benzene rings is 2. The molecule has 0 bridgehead atoms. The number of nitrogens with one attached hydrogen (secondary N) is 2. The molecule has 2 aliphatic heterocycles. The van der Waals surface area contributed by atoms with E-state index in [2.05, 4.69) is 31.0 Å². The first kappa shape index (κ1) is 30.9. The first-order chi connectivity index (χ1) is 19.8. The van der Waals surface area contributed by atoms with Gasteiger partial charge in [-0.3, -0.25) is 19.8 Å². The molecule has 1 amide bonds. The normalized spacial score (nSPS) is 14.7. The van der Waals surface area contributed by atoms with Gasteiger partial charge in [0.1, 0.15) is 11.6 Å². The van der Waals surface area contributed by atoms with Crippen LogP contribution in [-0.2, 0) is 16.8 Å². The number of nitrogens with zero attached hydrogens (tertiary/aromatic N) is 3. The zero-order valence-electron chi connectivity index (χ0n) is 25.6. The molecule has 42 heavy (non-hydrogen) atoms. The van der Waals surface area contributed by atoms with Gasteiger partial charge >= 0.3 is 5.97 Å². The van der Waals surface area contributed by atoms with Crippen molar-refractivity contribution < 1.29 is 24.2 Å². The lowest BCUT2D eigenvalue weighted by Gasteiger charge is -2.30. The molecule has 1 fully saturated rings. The molecule has 226 valence electrons. The average Bonchev–Trinajstić information content (AvgIpc) is 3.57. The number of hydrogen-bond donors (Lipinski definition) is 3. The van der Waals surface area contributed by atoms with E-state index >= 15 is 0 Å². The minimum Gasteiger partial charge on any atom is -0.491 e. The summed E-state index contributed by atoms with van der Waals surface area (Å²) in [5, 5.41) is 20.6. The lowest BCUT2D eigenvalue weighted by atomic mass is 9.84. The van der Waals surface area contributed by atoms with Gasteiger partial charge in [-0.2, -0.15) is 0 Å². The van der Waals surface area contributed by atoms with Crippen LogP contribution in [0.4, 0.5) is 11.4 Å². The number of carboxylic acids is 1. The van der Waals surface area contributed by atoms with Gasteiger partial charge in [-0.05, 0) is 54.5 Å². The Labute approximate surface area is 248 Å². The third-order valence-corrected chi connectivity index (χ3v) is 7.87. The zero-order chi connectivity index (χ0) is 30.8. The van der Waals surface area contributed by atoms with E-state index < -0.39 is 5.97 Å². The molecule has 0 radical (unpaired) electrons. The summed E-state index contributed by atoms with van der Waals surface area (Å²) in [5.41, 5.74) is 4.81. The predicted octanol–water partition coefficient (Wildman–Crippen LogP) is 4.28. The van der Waals surface area contributed by atoms with Gasteiger partial charge in [0.15, 0.2) is 5.78 Å². The number of anilines is 2. The van der Waals surface area contributed by atoms with Gasteiger partial charge < -0.3 is 29.9 Å². The van der Waals surface area contributed by atoms with E-state index in [0.717, 1.165) is 48.4 Å². The summed E-state index contributed by atoms with van der Waals surface area (Å²) in [6.45, 7) is 8.67. The lowest BCUT2D eigenvalue weighted by molar-refractivity contribution is -0.137. The van der Waals surface area contributed by atoms with Crippen LogP contribution in [0.1, 0.15) is 83.9 Å². The average molecular weight is 578 g/mol. The Balaban J connectivity index is 1.65. The summed E-state index contributed by atoms with van der Waals surface area (Å²) >= 11 is 0. The maximum atomic E-state index is 13.9. The van der Waals surface area contributed by atoms with Crippen LogP contribution in [0.25, 0.3) is 0 Å². The number of fused-ring (bicyclic) bond motifs is 1. The van der Waals surface area contributed by atoms with Gasteiger partial charge in [-0.25, -0.2) is 0 Å². The number of ether oxygens (including phenoxy) is 1. The van der Waals surface area contributed by atoms with Crippen LogP contribution in [0.5, 0.6) is 5.75 Å². The van der Waals surface area contributed by atoms with Crippen molar-refractivity contribution >= 4 is 34.9 Å². The van der Waals surface area contributed by atoms with Crippen molar-refractivity contribution in [2.45, 2.75) is 58.4 Å². The monoisotopic (exact) mass is 577 g/mol. The van der Waals surface area contributed by atoms with Crippen LogP contribution in [0.2, 0.25) is 0 Å². The fourth-order valence-electron chi connectivity index (χ4n) is 5.60. The van der Waals surface area contributed by atoms with E-state index in [1.54, 1.807) is 18.0 Å². The van der Waals surface area contributed by atoms with Gasteiger partial charge in [0.05, 0.1) is 24.4 Å². The van der Waals surface area contributed by atoms with E-state index in [-0.39, 0.29) is 42.5 Å². The quantitative estimate of drug-likeness (QED) is 0.267. The Bertz CT molecular complexity index is 1390. The van der Waals surface area contributed by atoms with E-state index in [4.69, 9.17) is 15.3 Å². The molecular formula is C32H43N5O5. The Hall–Kier alpha value is -4.08. The Morgan fingerprint density at radius 2 is 1.79 bits per heavy atom. The minimum atomic E-state index is -0.854. The maximum Gasteiger partial charge on any atom is 0.303 e. The molecule has 0 unspecified atom stereocenters. The molecule has 4 rings (SSSR count). The standard InChI is InChI=1S/C32H43N5O5/c1-32(2,3)24-14-20(15-26(36-11-7-8-12-36)29(24)42-13-9-10-28(39)40)27(38)19-37-18-21-16-25(35(5)6)23(31(41)34-4)17-22(21)30(37)33/h14-17,33H,7-13,18-19H2,1-6H3,(H,34,41)(H,39,40). The number of rotatable bonds is 11. The lowest BCUT2D eigenvalue weighted by Crippen LogP contribution is -2.31. The summed E-state index contributed by atoms with van der Waals surface area (Å²) in [7, 11) is 5.33. The first-order valence-electron chi connectivity index (χ1n) is 14.5. The molecule has 10 heteroatoms. The maximum absolute atomic E-state index is 13.9. The van der Waals surface area contributed by atoms with E-state index in [9.17, 15) is 14.4 Å². The van der Waals surface area contributed by atoms with Gasteiger partial charge in [0.25, 0.3) is 5.91 Å². The summed E-state index contributed by atoms with van der Waals surface area (Å²) in [6, 6.07) is 7.47. The molecule has 10 nitrogen and oxygen atoms in total. The van der Waals surface area contributed by atoms with Crippen LogP contribution in [-0.4, -0.2) is 80.9 Å². The third kappa shape index (κ3) is 6.53. The number of aliphatic carboxylic acids is 1. The number of Topliss-reactive ketones (excluding diaryl/α,β-unsaturated/α-hetero) is 1. The summed E-state index contributed by atoms with van der Waals surface area (Å²) in [5.74, 6) is -0.241. The van der Waals surface area contributed by atoms with Gasteiger partial charge in [0, 0.05) is 69.6 Å². The second-order valence-corrected chi connectivity index (χ2v) is 12.3. The third-order valence-electron chi connectivity index (χ3n) is 7.87. The van der Waals surface area contributed by atoms with Crippen molar-refractivity contribution in [1.29, 1.82) is 5.41 Å². The van der Waals surface area contributed by atoms with Crippen molar-refractivity contribution in [2.75, 3.05) is 57.2 Å². The number of ketones is 1. The molecule has 2 aromatic rings. The molecule has 0 saturated carbocycles. The van der Waals surface area contributed by atoms with E-state index in [1.165, 1.54) is 0 Å². The second-order valence-electron chi connectivity index (χ2n) is 12.3. The number of amidine groups is 1. The topological polar surface area (TPSA) is 126 Å². The highest BCUT2D eigenvalue weighted by molar-refractivity contribution is 6.08. The fourth-order valence-corrected chi connectivity index (χ4v) is 5.60. The van der Waals surface area contributed by atoms with Gasteiger partial charge in [-0.15, -0.1) is 0 Å². The van der Waals surface area contributed by atoms with Crippen LogP contribution in [0, 0.1) is 5.41 Å². The smallest absolute Gasteiger partial charge is 0.303 e. The van der Waals surface area contributed by atoms with Crippen molar-refractivity contribution in [2.24, 2.45) is 0 Å². The fraction of sp³-hybridized carbons (Fsp3) is 0.500. The molecule has 0 aliphatic carbocycles. The van der Waals surface area contributed by atoms with Crippen LogP contribution >= 0.6 is 0 Å². The molecular weight excluding hydrogens is 534 g/mol. The van der Waals surface area contributed by atoms with Gasteiger partial charge in [0.2, 0.25) is 0 Å². The van der Waals surface area contributed by atoms with Crippen LogP contribution in [0.3, 0.4) is 0 Å². The minimum absolute atomic E-state index is 0.0297. The van der Waals surface area contributed by atoms with Gasteiger partial charge in [-0.1, -0.05) is 20.8 Å². The SMILES string of the molecule is CNC(=O)c1cc2c(cc1N(C)C)CN(CC(=O)c1cc(N3CCCC3)c(OCCCC(=O)O)c(C(C)(C)C)c1)C2=N. The van der Waals surface area contributed by atoms with Crippen LogP contribution < -0.4 is 19.9 Å². The molecule has 2 heterocycles. The number of carboxylic acid groups (broad SMARTS) is 1. The molecule has 1 saturated heterocycles. The molecule has 0 atom stereocenters. The molecule has 2 aliphatic rings. The first-order valence-corrected chi connectivity index (χ1v) is 14.5. The largest absolute Gasteiger partial charge is 0.491 e. The number of carbonyl (C=O) groups is 3.